The second-order valence-corrected chi connectivity index (χ2v) is 6.20. The van der Waals surface area contributed by atoms with Gasteiger partial charge in [0.05, 0.1) is 6.61 Å². The molecule has 1 atom stereocenters. The van der Waals surface area contributed by atoms with E-state index in [0.29, 0.717) is 6.61 Å². The second-order valence-electron chi connectivity index (χ2n) is 6.20. The average Bonchev–Trinajstić information content (AvgIpc) is 2.47. The SMILES string of the molecule is CCCCCCCCCCCCCCCOC(=O)C(C)N. The number of carbonyl (C=O) groups is 1. The van der Waals surface area contributed by atoms with Gasteiger partial charge in [0.1, 0.15) is 6.04 Å². The number of hydrogen-bond acceptors (Lipinski definition) is 3. The van der Waals surface area contributed by atoms with Crippen LogP contribution in [0.1, 0.15) is 97.3 Å². The van der Waals surface area contributed by atoms with E-state index in [4.69, 9.17) is 10.5 Å². The number of nitrogens with two attached hydrogens (primary N) is 1. The molecular weight excluding hydrogens is 262 g/mol. The van der Waals surface area contributed by atoms with Gasteiger partial charge in [-0.1, -0.05) is 84.0 Å². The summed E-state index contributed by atoms with van der Waals surface area (Å²) in [6, 6.07) is -0.494. The van der Waals surface area contributed by atoms with Crippen LogP contribution in [0, 0.1) is 0 Å². The van der Waals surface area contributed by atoms with Crippen molar-refractivity contribution in [3.05, 3.63) is 0 Å². The Balaban J connectivity index is 3.04. The molecule has 1 unspecified atom stereocenters. The van der Waals surface area contributed by atoms with Crippen molar-refractivity contribution in [1.29, 1.82) is 0 Å². The van der Waals surface area contributed by atoms with E-state index in [0.717, 1.165) is 12.8 Å². The lowest BCUT2D eigenvalue weighted by atomic mass is 10.0. The van der Waals surface area contributed by atoms with Crippen molar-refractivity contribution in [2.24, 2.45) is 5.73 Å². The van der Waals surface area contributed by atoms with Gasteiger partial charge in [-0.05, 0) is 13.3 Å². The monoisotopic (exact) mass is 299 g/mol. The van der Waals surface area contributed by atoms with Crippen LogP contribution in [0.5, 0.6) is 0 Å². The maximum atomic E-state index is 11.1. The van der Waals surface area contributed by atoms with Crippen LogP contribution in [0.3, 0.4) is 0 Å². The molecule has 3 heteroatoms. The van der Waals surface area contributed by atoms with Gasteiger partial charge in [0, 0.05) is 0 Å². The van der Waals surface area contributed by atoms with Crippen molar-refractivity contribution in [1.82, 2.24) is 0 Å². The fourth-order valence-corrected chi connectivity index (χ4v) is 2.42. The van der Waals surface area contributed by atoms with E-state index in [1.165, 1.54) is 70.6 Å². The Bertz CT molecular complexity index is 229. The highest BCUT2D eigenvalue weighted by Gasteiger charge is 2.07. The van der Waals surface area contributed by atoms with E-state index in [1.54, 1.807) is 6.92 Å². The zero-order chi connectivity index (χ0) is 15.8. The molecule has 0 rings (SSSR count). The van der Waals surface area contributed by atoms with Crippen LogP contribution in [-0.2, 0) is 9.53 Å². The van der Waals surface area contributed by atoms with Gasteiger partial charge in [-0.15, -0.1) is 0 Å². The van der Waals surface area contributed by atoms with Gasteiger partial charge in [0.25, 0.3) is 0 Å². The van der Waals surface area contributed by atoms with E-state index in [2.05, 4.69) is 6.92 Å². The minimum atomic E-state index is -0.494. The van der Waals surface area contributed by atoms with Crippen LogP contribution in [0.15, 0.2) is 0 Å². The molecular formula is C18H37NO2. The van der Waals surface area contributed by atoms with Crippen LogP contribution >= 0.6 is 0 Å². The standard InChI is InChI=1S/C18H37NO2/c1-3-4-5-6-7-8-9-10-11-12-13-14-15-16-21-18(20)17(2)19/h17H,3-16,19H2,1-2H3. The van der Waals surface area contributed by atoms with E-state index in [9.17, 15) is 4.79 Å². The molecule has 0 aromatic heterocycles. The highest BCUT2D eigenvalue weighted by atomic mass is 16.5. The molecule has 0 amide bonds. The van der Waals surface area contributed by atoms with Crippen molar-refractivity contribution in [3.8, 4) is 0 Å². The van der Waals surface area contributed by atoms with Gasteiger partial charge in [0.15, 0.2) is 0 Å². The fourth-order valence-electron chi connectivity index (χ4n) is 2.42. The van der Waals surface area contributed by atoms with E-state index in [1.807, 2.05) is 0 Å². The number of rotatable bonds is 15. The molecule has 0 aromatic carbocycles. The lowest BCUT2D eigenvalue weighted by Gasteiger charge is -2.06. The summed E-state index contributed by atoms with van der Waals surface area (Å²) in [6.45, 7) is 4.45. The van der Waals surface area contributed by atoms with Gasteiger partial charge in [-0.2, -0.15) is 0 Å². The summed E-state index contributed by atoms with van der Waals surface area (Å²) in [5.74, 6) is -0.283. The number of hydrogen-bond donors (Lipinski definition) is 1. The van der Waals surface area contributed by atoms with Gasteiger partial charge >= 0.3 is 5.97 Å². The predicted octanol–water partition coefficient (Wildman–Crippen LogP) is 4.97. The Hall–Kier alpha value is -0.570. The van der Waals surface area contributed by atoms with Gasteiger partial charge in [0.2, 0.25) is 0 Å². The van der Waals surface area contributed by atoms with Crippen LogP contribution < -0.4 is 5.73 Å². The molecule has 2 N–H and O–H groups in total. The third-order valence-corrected chi connectivity index (χ3v) is 3.86. The molecule has 3 nitrogen and oxygen atoms in total. The Morgan fingerprint density at radius 1 is 0.810 bits per heavy atom. The minimum absolute atomic E-state index is 0.283. The molecule has 126 valence electrons. The Morgan fingerprint density at radius 3 is 1.57 bits per heavy atom. The Kier molecular flexibility index (Phi) is 15.4. The first kappa shape index (κ1) is 20.4. The second kappa shape index (κ2) is 15.8. The number of esters is 1. The topological polar surface area (TPSA) is 52.3 Å². The van der Waals surface area contributed by atoms with E-state index >= 15 is 0 Å². The summed E-state index contributed by atoms with van der Waals surface area (Å²) >= 11 is 0. The van der Waals surface area contributed by atoms with Crippen molar-refractivity contribution in [2.45, 2.75) is 103 Å². The lowest BCUT2D eigenvalue weighted by molar-refractivity contribution is -0.144. The predicted molar refractivity (Wildman–Crippen MR) is 90.3 cm³/mol. The summed E-state index contributed by atoms with van der Waals surface area (Å²) in [7, 11) is 0. The van der Waals surface area contributed by atoms with Crippen LogP contribution in [0.25, 0.3) is 0 Å². The summed E-state index contributed by atoms with van der Waals surface area (Å²) in [4.78, 5) is 11.1. The minimum Gasteiger partial charge on any atom is -0.465 e. The number of ether oxygens (including phenoxy) is 1. The van der Waals surface area contributed by atoms with Crippen molar-refractivity contribution in [3.63, 3.8) is 0 Å². The van der Waals surface area contributed by atoms with Crippen molar-refractivity contribution in [2.75, 3.05) is 6.61 Å². The maximum Gasteiger partial charge on any atom is 0.322 e. The fraction of sp³-hybridized carbons (Fsp3) is 0.944. The highest BCUT2D eigenvalue weighted by molar-refractivity contribution is 5.74. The molecule has 0 bridgehead atoms. The third-order valence-electron chi connectivity index (χ3n) is 3.86. The molecule has 0 fully saturated rings. The van der Waals surface area contributed by atoms with E-state index in [-0.39, 0.29) is 5.97 Å². The smallest absolute Gasteiger partial charge is 0.322 e. The van der Waals surface area contributed by atoms with Gasteiger partial charge in [-0.25, -0.2) is 0 Å². The summed E-state index contributed by atoms with van der Waals surface area (Å²) in [5.41, 5.74) is 5.42. The Labute approximate surface area is 132 Å². The first-order valence-electron chi connectivity index (χ1n) is 9.10. The molecule has 21 heavy (non-hydrogen) atoms. The lowest BCUT2D eigenvalue weighted by Crippen LogP contribution is -2.28. The maximum absolute atomic E-state index is 11.1. The molecule has 0 heterocycles. The van der Waals surface area contributed by atoms with Crippen molar-refractivity contribution < 1.29 is 9.53 Å². The zero-order valence-corrected chi connectivity index (χ0v) is 14.4. The molecule has 0 aliphatic carbocycles. The van der Waals surface area contributed by atoms with Crippen LogP contribution in [-0.4, -0.2) is 18.6 Å². The quantitative estimate of drug-likeness (QED) is 0.343. The molecule has 0 aliphatic rings. The number of carbonyl (C=O) groups excluding carboxylic acids is 1. The average molecular weight is 299 g/mol. The van der Waals surface area contributed by atoms with Gasteiger partial charge in [-0.3, -0.25) is 4.79 Å². The van der Waals surface area contributed by atoms with Crippen LogP contribution in [0.4, 0.5) is 0 Å². The zero-order valence-electron chi connectivity index (χ0n) is 14.4. The molecule has 0 radical (unpaired) electrons. The normalized spacial score (nSPS) is 12.3. The highest BCUT2D eigenvalue weighted by Crippen LogP contribution is 2.12. The Morgan fingerprint density at radius 2 is 1.19 bits per heavy atom. The first-order valence-corrected chi connectivity index (χ1v) is 9.10. The van der Waals surface area contributed by atoms with E-state index < -0.39 is 6.04 Å². The first-order chi connectivity index (χ1) is 10.2. The largest absolute Gasteiger partial charge is 0.465 e. The third kappa shape index (κ3) is 15.6. The summed E-state index contributed by atoms with van der Waals surface area (Å²) in [6.07, 6.45) is 17.3. The summed E-state index contributed by atoms with van der Waals surface area (Å²) < 4.78 is 5.04. The molecule has 0 spiro atoms. The molecule has 0 aromatic rings. The van der Waals surface area contributed by atoms with Crippen LogP contribution in [0.2, 0.25) is 0 Å². The van der Waals surface area contributed by atoms with Gasteiger partial charge < -0.3 is 10.5 Å². The molecule has 0 saturated carbocycles. The molecule has 0 aliphatic heterocycles. The molecule has 0 saturated heterocycles. The van der Waals surface area contributed by atoms with Crippen molar-refractivity contribution >= 4 is 5.97 Å². The number of unbranched alkanes of at least 4 members (excludes halogenated alkanes) is 12. The summed E-state index contributed by atoms with van der Waals surface area (Å²) in [5, 5.41) is 0.